The van der Waals surface area contributed by atoms with Gasteiger partial charge >= 0.3 is 83.9 Å². The molecule has 0 radical (unpaired) electrons. The van der Waals surface area contributed by atoms with Crippen LogP contribution >= 0.6 is 0 Å². The van der Waals surface area contributed by atoms with E-state index in [9.17, 15) is 0 Å². The predicted octanol–water partition coefficient (Wildman–Crippen LogP) is 4.30. The van der Waals surface area contributed by atoms with E-state index in [0.29, 0.717) is 0 Å². The van der Waals surface area contributed by atoms with Crippen molar-refractivity contribution in [3.05, 3.63) is 33.3 Å². The Morgan fingerprint density at radius 2 is 0.793 bits per heavy atom. The van der Waals surface area contributed by atoms with Crippen LogP contribution in [0.4, 0.5) is 0 Å². The van der Waals surface area contributed by atoms with Crippen molar-refractivity contribution in [3.8, 4) is 0 Å². The first-order chi connectivity index (χ1) is 13.2. The molecule has 0 amide bonds. The summed E-state index contributed by atoms with van der Waals surface area (Å²) < 4.78 is 37.5. The summed E-state index contributed by atoms with van der Waals surface area (Å²) in [6, 6.07) is 0. The second-order valence-electron chi connectivity index (χ2n) is 4.55. The van der Waals surface area contributed by atoms with Crippen molar-refractivity contribution in [2.24, 2.45) is 5.92 Å². The van der Waals surface area contributed by atoms with Gasteiger partial charge in [-0.3, -0.25) is 6.29 Å². The van der Waals surface area contributed by atoms with Crippen LogP contribution in [0.5, 0.6) is 0 Å². The molecule has 2 fully saturated rings. The van der Waals surface area contributed by atoms with Gasteiger partial charge in [-0.05, 0) is 5.92 Å². The van der Waals surface area contributed by atoms with E-state index < -0.39 is 0 Å². The normalized spacial score (nSPS) is 10.7. The Morgan fingerprint density at radius 3 is 0.862 bits per heavy atom. The van der Waals surface area contributed by atoms with Gasteiger partial charge in [-0.1, -0.05) is 64.7 Å². The molecule has 2 aliphatic rings. The minimum absolute atomic E-state index is 0. The van der Waals surface area contributed by atoms with Gasteiger partial charge in [0, 0.05) is 34.1 Å². The maximum absolute atomic E-state index is 8.68. The summed E-state index contributed by atoms with van der Waals surface area (Å²) in [5, 5.41) is 0. The molecule has 0 aliphatic heterocycles. The Balaban J connectivity index is -0.0000000231. The van der Waals surface area contributed by atoms with Gasteiger partial charge in [0.25, 0.3) is 0 Å². The van der Waals surface area contributed by atoms with Crippen LogP contribution in [0.1, 0.15) is 78.6 Å². The molecule has 9 heteroatoms. The predicted molar refractivity (Wildman–Crippen MR) is 92.4 cm³/mol. The summed E-state index contributed by atoms with van der Waals surface area (Å²) in [4.78, 5) is 11.2. The molecule has 6 nitrogen and oxygen atoms in total. The van der Waals surface area contributed by atoms with Crippen LogP contribution in [0.15, 0.2) is 0 Å². The molecule has 0 spiro atoms. The zero-order chi connectivity index (χ0) is 23.4. The molecule has 0 aromatic carbocycles. The van der Waals surface area contributed by atoms with E-state index in [1.54, 1.807) is 6.92 Å². The Hall–Kier alpha value is -0.202. The molecular weight excluding hydrogens is 503 g/mol. The summed E-state index contributed by atoms with van der Waals surface area (Å²) in [7, 11) is 0. The maximum atomic E-state index is 8.68. The summed E-state index contributed by atoms with van der Waals surface area (Å²) in [6.07, 6.45) is 14.9. The Morgan fingerprint density at radius 1 is 0.655 bits per heavy atom. The second kappa shape index (κ2) is 105. The minimum atomic E-state index is 0. The summed E-state index contributed by atoms with van der Waals surface area (Å²) in [5.41, 5.74) is 0. The van der Waals surface area contributed by atoms with Gasteiger partial charge in [0.2, 0.25) is 0 Å². The van der Waals surface area contributed by atoms with E-state index in [1.165, 1.54) is 71.0 Å². The molecular formula is C20H28Fe2MnO6-2. The average Bonchev–Trinajstić information content (AvgIpc) is 3.48. The van der Waals surface area contributed by atoms with Crippen molar-refractivity contribution in [3.63, 3.8) is 0 Å². The average molecular weight is 531 g/mol. The smallest absolute Gasteiger partial charge is 0 e. The van der Waals surface area contributed by atoms with Crippen LogP contribution in [0.3, 0.4) is 0 Å². The van der Waals surface area contributed by atoms with Gasteiger partial charge < -0.3 is 4.79 Å². The molecule has 2 aliphatic carbocycles. The second-order valence-corrected chi connectivity index (χ2v) is 5.14. The molecule has 0 saturated heterocycles. The molecule has 169 valence electrons. The molecule has 2 saturated carbocycles. The van der Waals surface area contributed by atoms with Crippen molar-refractivity contribution >= 4 is 11.2 Å². The first-order valence-corrected chi connectivity index (χ1v) is 8.40. The topological polar surface area (TPSA) is 117 Å². The third-order valence-electron chi connectivity index (χ3n) is 2.89. The SMILES string of the molecule is C1CCCC1.CC1CCCC1.C[C-]=O.C[C-]=[Mn].[C-]#[O+].[C-]#[O+].[C-]#[O+].[C-]#[O+].[C-]#[O+].[Fe].[Fe]. The fraction of sp³-hybridized carbons (Fsp3) is 0.650. The standard InChI is InChI=1S/C6H12.C5H10.C2H3O.C2H3.5CO.2Fe.Mn/c1-6-4-2-3-5-6;1-2-4-5-3-1;1-2-3;6*1-2;;;/h6H,2-5H2,1H3;1-5H2;1H3;1H3;;;;;;;;/q;;2*-1;;;;;;;;. The van der Waals surface area contributed by atoms with E-state index >= 15 is 0 Å². The molecule has 29 heavy (non-hydrogen) atoms. The van der Waals surface area contributed by atoms with Crippen molar-refractivity contribution in [2.45, 2.75) is 78.6 Å². The van der Waals surface area contributed by atoms with Gasteiger partial charge in [0.15, 0.2) is 0 Å². The van der Waals surface area contributed by atoms with Crippen molar-refractivity contribution in [2.75, 3.05) is 0 Å². The molecule has 0 heterocycles. The van der Waals surface area contributed by atoms with Gasteiger partial charge in [-0.2, -0.15) is 6.92 Å². The van der Waals surface area contributed by atoms with E-state index in [2.05, 4.69) is 60.7 Å². The van der Waals surface area contributed by atoms with Gasteiger partial charge in [0.1, 0.15) is 0 Å². The first-order valence-electron chi connectivity index (χ1n) is 7.81. The van der Waals surface area contributed by atoms with Crippen LogP contribution in [0.25, 0.3) is 0 Å². The number of hydrogen-bond acceptors (Lipinski definition) is 1. The number of hydrogen-bond donors (Lipinski definition) is 0. The molecule has 0 atom stereocenters. The fourth-order valence-electron chi connectivity index (χ4n) is 2.01. The van der Waals surface area contributed by atoms with Crippen molar-refractivity contribution < 1.29 is 77.8 Å². The van der Waals surface area contributed by atoms with E-state index in [0.717, 1.165) is 5.92 Å². The van der Waals surface area contributed by atoms with E-state index in [1.807, 2.05) is 0 Å². The van der Waals surface area contributed by atoms with E-state index in [-0.39, 0.29) is 34.1 Å². The van der Waals surface area contributed by atoms with Crippen LogP contribution < -0.4 is 0 Å². The summed E-state index contributed by atoms with van der Waals surface area (Å²) >= 11 is 2.90. The Kier molecular flexibility index (Phi) is 205. The van der Waals surface area contributed by atoms with Gasteiger partial charge in [-0.25, -0.2) is 0 Å². The fourth-order valence-corrected chi connectivity index (χ4v) is 2.01. The Bertz CT molecular complexity index is 284. The minimum Gasteiger partial charge on any atom is 0 e. The van der Waals surface area contributed by atoms with Gasteiger partial charge in [0.05, 0.1) is 0 Å². The van der Waals surface area contributed by atoms with Crippen molar-refractivity contribution in [1.82, 2.24) is 0 Å². The zero-order valence-electron chi connectivity index (χ0n) is 17.0. The number of carbonyl (C=O) groups excluding carboxylic acids is 1. The Labute approximate surface area is 206 Å². The van der Waals surface area contributed by atoms with Crippen LogP contribution in [0.2, 0.25) is 0 Å². The summed E-state index contributed by atoms with van der Waals surface area (Å²) in [5.74, 6) is 1.05. The van der Waals surface area contributed by atoms with Crippen molar-refractivity contribution in [1.29, 1.82) is 0 Å². The monoisotopic (exact) mass is 531 g/mol. The quantitative estimate of drug-likeness (QED) is 0.259. The van der Waals surface area contributed by atoms with Gasteiger partial charge in [-0.15, -0.1) is 0 Å². The zero-order valence-corrected chi connectivity index (χ0v) is 20.4. The largest absolute Gasteiger partial charge is 0 e. The third kappa shape index (κ3) is 133. The third-order valence-corrected chi connectivity index (χ3v) is 2.89. The molecule has 0 N–H and O–H groups in total. The molecule has 0 bridgehead atoms. The van der Waals surface area contributed by atoms with Crippen LogP contribution in [0, 0.1) is 39.2 Å². The molecule has 0 aromatic heterocycles. The summed E-state index contributed by atoms with van der Waals surface area (Å²) in [6.45, 7) is 28.0. The molecule has 0 aromatic rings. The maximum Gasteiger partial charge on any atom is 0 e. The first kappa shape index (κ1) is 56.8. The molecule has 0 unspecified atom stereocenters. The van der Waals surface area contributed by atoms with Crippen LogP contribution in [-0.4, -0.2) is 11.2 Å². The van der Waals surface area contributed by atoms with E-state index in [4.69, 9.17) is 28.1 Å². The van der Waals surface area contributed by atoms with Crippen LogP contribution in [-0.2, 0) is 77.8 Å². The molecule has 2 rings (SSSR count). The number of rotatable bonds is 0.